The Balaban J connectivity index is 2.77. The van der Waals surface area contributed by atoms with E-state index >= 15 is 0 Å². The number of rotatable bonds is 6. The Morgan fingerprint density at radius 1 is 1.50 bits per heavy atom. The lowest BCUT2D eigenvalue weighted by atomic mass is 10.1. The van der Waals surface area contributed by atoms with E-state index in [0.29, 0.717) is 25.2 Å². The molecular weight excluding hydrogens is 233 g/mol. The number of likely N-dealkylation sites (N-methyl/N-ethyl adjacent to an activating group) is 2. The molecule has 1 aromatic rings. The fraction of sp³-hybridized carbons (Fsp3) is 0.462. The average Bonchev–Trinajstić information content (AvgIpc) is 2.39. The summed E-state index contributed by atoms with van der Waals surface area (Å²) in [7, 11) is 1.59. The van der Waals surface area contributed by atoms with Crippen LogP contribution in [0.15, 0.2) is 18.2 Å². The van der Waals surface area contributed by atoms with Crippen molar-refractivity contribution in [2.45, 2.75) is 20.0 Å². The van der Waals surface area contributed by atoms with Crippen LogP contribution in [-0.2, 0) is 17.9 Å². The van der Waals surface area contributed by atoms with Gasteiger partial charge in [0.15, 0.2) is 0 Å². The summed E-state index contributed by atoms with van der Waals surface area (Å²) in [5.74, 6) is -0.338. The Morgan fingerprint density at radius 2 is 2.22 bits per heavy atom. The molecule has 0 aliphatic heterocycles. The van der Waals surface area contributed by atoms with Gasteiger partial charge in [0.05, 0.1) is 6.54 Å². The van der Waals surface area contributed by atoms with Crippen LogP contribution in [-0.4, -0.2) is 30.9 Å². The number of hydrogen-bond acceptors (Lipinski definition) is 3. The van der Waals surface area contributed by atoms with Gasteiger partial charge in [-0.05, 0) is 18.2 Å². The highest BCUT2D eigenvalue weighted by atomic mass is 19.1. The smallest absolute Gasteiger partial charge is 0.233 e. The van der Waals surface area contributed by atoms with Gasteiger partial charge in [-0.3, -0.25) is 9.69 Å². The van der Waals surface area contributed by atoms with Gasteiger partial charge in [0.2, 0.25) is 5.91 Å². The van der Waals surface area contributed by atoms with Crippen molar-refractivity contribution in [2.75, 3.05) is 20.1 Å². The highest BCUT2D eigenvalue weighted by molar-refractivity contribution is 5.77. The number of carbonyl (C=O) groups excluding carboxylic acids is 1. The van der Waals surface area contributed by atoms with E-state index in [-0.39, 0.29) is 18.3 Å². The van der Waals surface area contributed by atoms with Gasteiger partial charge in [-0.2, -0.15) is 0 Å². The van der Waals surface area contributed by atoms with Crippen molar-refractivity contribution in [2.24, 2.45) is 5.73 Å². The number of amides is 1. The topological polar surface area (TPSA) is 58.4 Å². The molecule has 0 saturated carbocycles. The van der Waals surface area contributed by atoms with Crippen LogP contribution >= 0.6 is 0 Å². The summed E-state index contributed by atoms with van der Waals surface area (Å²) in [5, 5.41) is 2.56. The maximum Gasteiger partial charge on any atom is 0.233 e. The number of benzene rings is 1. The van der Waals surface area contributed by atoms with E-state index in [4.69, 9.17) is 5.73 Å². The first-order chi connectivity index (χ1) is 8.60. The second kappa shape index (κ2) is 7.08. The zero-order valence-corrected chi connectivity index (χ0v) is 10.9. The maximum absolute atomic E-state index is 13.7. The summed E-state index contributed by atoms with van der Waals surface area (Å²) in [4.78, 5) is 13.2. The number of nitrogens with two attached hydrogens (primary N) is 1. The van der Waals surface area contributed by atoms with Crippen LogP contribution in [0, 0.1) is 5.82 Å². The Hall–Kier alpha value is -1.46. The first-order valence-electron chi connectivity index (χ1n) is 6.01. The number of hydrogen-bond donors (Lipinski definition) is 2. The molecule has 1 aromatic carbocycles. The molecule has 3 N–H and O–H groups in total. The Morgan fingerprint density at radius 3 is 2.78 bits per heavy atom. The van der Waals surface area contributed by atoms with Gasteiger partial charge in [-0.1, -0.05) is 19.1 Å². The third-order valence-corrected chi connectivity index (χ3v) is 2.83. The molecule has 0 bridgehead atoms. The first kappa shape index (κ1) is 14.6. The molecule has 18 heavy (non-hydrogen) atoms. The third-order valence-electron chi connectivity index (χ3n) is 2.83. The summed E-state index contributed by atoms with van der Waals surface area (Å²) in [6.45, 7) is 3.67. The van der Waals surface area contributed by atoms with Crippen molar-refractivity contribution in [1.82, 2.24) is 10.2 Å². The number of carbonyl (C=O) groups is 1. The Labute approximate surface area is 107 Å². The maximum atomic E-state index is 13.7. The molecule has 0 spiro atoms. The van der Waals surface area contributed by atoms with Gasteiger partial charge >= 0.3 is 0 Å². The predicted molar refractivity (Wildman–Crippen MR) is 69.3 cm³/mol. The molecule has 0 atom stereocenters. The Kier molecular flexibility index (Phi) is 5.74. The van der Waals surface area contributed by atoms with Crippen molar-refractivity contribution in [3.05, 3.63) is 35.1 Å². The summed E-state index contributed by atoms with van der Waals surface area (Å²) in [6, 6.07) is 4.85. The Bertz CT molecular complexity index is 409. The molecule has 0 aliphatic carbocycles. The number of nitrogens with one attached hydrogen (secondary N) is 1. The van der Waals surface area contributed by atoms with Crippen LogP contribution in [0.1, 0.15) is 18.1 Å². The molecule has 5 heteroatoms. The minimum Gasteiger partial charge on any atom is -0.358 e. The standard InChI is InChI=1S/C13H20FN3O/c1-3-17(9-13(18)16-2)8-11-6-10(7-15)4-5-12(11)14/h4-6H,3,7-9,15H2,1-2H3,(H,16,18). The second-order valence-electron chi connectivity index (χ2n) is 4.11. The monoisotopic (exact) mass is 253 g/mol. The second-order valence-corrected chi connectivity index (χ2v) is 4.11. The zero-order valence-electron chi connectivity index (χ0n) is 10.9. The minimum absolute atomic E-state index is 0.0766. The molecule has 4 nitrogen and oxygen atoms in total. The zero-order chi connectivity index (χ0) is 13.5. The largest absolute Gasteiger partial charge is 0.358 e. The summed E-state index contributed by atoms with van der Waals surface area (Å²) < 4.78 is 13.7. The molecule has 0 heterocycles. The van der Waals surface area contributed by atoms with E-state index < -0.39 is 0 Å². The van der Waals surface area contributed by atoms with Crippen molar-refractivity contribution < 1.29 is 9.18 Å². The highest BCUT2D eigenvalue weighted by Crippen LogP contribution is 2.13. The van der Waals surface area contributed by atoms with E-state index in [1.54, 1.807) is 19.2 Å². The highest BCUT2D eigenvalue weighted by Gasteiger charge is 2.11. The molecule has 0 saturated heterocycles. The van der Waals surface area contributed by atoms with Crippen LogP contribution < -0.4 is 11.1 Å². The van der Waals surface area contributed by atoms with Crippen LogP contribution in [0.5, 0.6) is 0 Å². The number of halogens is 1. The van der Waals surface area contributed by atoms with E-state index in [1.165, 1.54) is 6.07 Å². The normalized spacial score (nSPS) is 10.7. The summed E-state index contributed by atoms with van der Waals surface area (Å²) >= 11 is 0. The minimum atomic E-state index is -0.262. The van der Waals surface area contributed by atoms with Gasteiger partial charge in [-0.15, -0.1) is 0 Å². The fourth-order valence-electron chi connectivity index (χ4n) is 1.68. The van der Waals surface area contributed by atoms with E-state index in [0.717, 1.165) is 5.56 Å². The van der Waals surface area contributed by atoms with Crippen LogP contribution in [0.2, 0.25) is 0 Å². The quantitative estimate of drug-likeness (QED) is 0.790. The summed E-state index contributed by atoms with van der Waals surface area (Å²) in [5.41, 5.74) is 7.00. The van der Waals surface area contributed by atoms with Crippen LogP contribution in [0.3, 0.4) is 0 Å². The van der Waals surface area contributed by atoms with E-state index in [2.05, 4.69) is 5.32 Å². The van der Waals surface area contributed by atoms with Crippen molar-refractivity contribution >= 4 is 5.91 Å². The lowest BCUT2D eigenvalue weighted by Gasteiger charge is -2.20. The van der Waals surface area contributed by atoms with Crippen molar-refractivity contribution in [3.8, 4) is 0 Å². The number of nitrogens with zero attached hydrogens (tertiary/aromatic N) is 1. The molecular formula is C13H20FN3O. The molecule has 1 amide bonds. The van der Waals surface area contributed by atoms with Crippen LogP contribution in [0.25, 0.3) is 0 Å². The van der Waals surface area contributed by atoms with Gasteiger partial charge in [0, 0.05) is 25.7 Å². The summed E-state index contributed by atoms with van der Waals surface area (Å²) in [6.07, 6.45) is 0. The van der Waals surface area contributed by atoms with E-state index in [9.17, 15) is 9.18 Å². The molecule has 0 fully saturated rings. The molecule has 1 rings (SSSR count). The average molecular weight is 253 g/mol. The van der Waals surface area contributed by atoms with Gasteiger partial charge < -0.3 is 11.1 Å². The molecule has 0 aromatic heterocycles. The molecule has 0 aliphatic rings. The lowest BCUT2D eigenvalue weighted by Crippen LogP contribution is -2.35. The van der Waals surface area contributed by atoms with Gasteiger partial charge in [0.25, 0.3) is 0 Å². The molecule has 0 unspecified atom stereocenters. The first-order valence-corrected chi connectivity index (χ1v) is 6.01. The lowest BCUT2D eigenvalue weighted by molar-refractivity contribution is -0.121. The van der Waals surface area contributed by atoms with Gasteiger partial charge in [-0.25, -0.2) is 4.39 Å². The SMILES string of the molecule is CCN(CC(=O)NC)Cc1cc(CN)ccc1F. The molecule has 100 valence electrons. The van der Waals surface area contributed by atoms with Crippen LogP contribution in [0.4, 0.5) is 4.39 Å². The van der Waals surface area contributed by atoms with E-state index in [1.807, 2.05) is 11.8 Å². The van der Waals surface area contributed by atoms with Crippen molar-refractivity contribution in [1.29, 1.82) is 0 Å². The van der Waals surface area contributed by atoms with Crippen molar-refractivity contribution in [3.63, 3.8) is 0 Å². The fourth-order valence-corrected chi connectivity index (χ4v) is 1.68. The molecule has 0 radical (unpaired) electrons. The van der Waals surface area contributed by atoms with Gasteiger partial charge in [0.1, 0.15) is 5.82 Å². The third kappa shape index (κ3) is 4.09. The predicted octanol–water partition coefficient (Wildman–Crippen LogP) is 0.852.